The van der Waals surface area contributed by atoms with Crippen molar-refractivity contribution in [3.05, 3.63) is 66.0 Å². The maximum atomic E-state index is 13.3. The molecule has 1 N–H and O–H groups in total. The summed E-state index contributed by atoms with van der Waals surface area (Å²) in [6, 6.07) is 15.3. The van der Waals surface area contributed by atoms with Gasteiger partial charge in [-0.3, -0.25) is 19.4 Å². The van der Waals surface area contributed by atoms with Crippen molar-refractivity contribution in [2.45, 2.75) is 6.04 Å². The van der Waals surface area contributed by atoms with Crippen LogP contribution in [0, 0.1) is 5.82 Å². The van der Waals surface area contributed by atoms with Crippen LogP contribution in [-0.4, -0.2) is 73.3 Å². The van der Waals surface area contributed by atoms with Crippen LogP contribution in [0.15, 0.2) is 54.6 Å². The summed E-state index contributed by atoms with van der Waals surface area (Å²) in [6.45, 7) is 2.97. The lowest BCUT2D eigenvalue weighted by atomic mass is 10.0. The Hall–Kier alpha value is -2.77. The molecule has 3 rings (SSSR count). The number of amides is 2. The van der Waals surface area contributed by atoms with Crippen molar-refractivity contribution in [2.75, 3.05) is 52.1 Å². The van der Waals surface area contributed by atoms with Crippen LogP contribution in [0.2, 0.25) is 0 Å². The third kappa shape index (κ3) is 5.62. The minimum atomic E-state index is -0.381. The Bertz CT molecular complexity index is 836. The molecule has 0 bridgehead atoms. The van der Waals surface area contributed by atoms with E-state index >= 15 is 0 Å². The number of hydrogen-bond acceptors (Lipinski definition) is 4. The number of halogens is 1. The fourth-order valence-corrected chi connectivity index (χ4v) is 3.54. The van der Waals surface area contributed by atoms with E-state index in [0.29, 0.717) is 31.9 Å². The lowest BCUT2D eigenvalue weighted by Crippen LogP contribution is -2.52. The molecule has 7 heteroatoms. The van der Waals surface area contributed by atoms with Gasteiger partial charge in [-0.25, -0.2) is 4.39 Å². The minimum absolute atomic E-state index is 0.0495. The molecule has 0 aliphatic carbocycles. The van der Waals surface area contributed by atoms with Gasteiger partial charge in [-0.1, -0.05) is 36.4 Å². The van der Waals surface area contributed by atoms with E-state index in [2.05, 4.69) is 10.2 Å². The Morgan fingerprint density at radius 1 is 1.03 bits per heavy atom. The van der Waals surface area contributed by atoms with E-state index in [1.807, 2.05) is 35.2 Å². The van der Waals surface area contributed by atoms with Crippen LogP contribution in [0.1, 0.15) is 11.6 Å². The molecular formula is C22H27FN4O2. The number of likely N-dealkylation sites (N-methyl/N-ethyl adjacent to an activating group) is 1. The van der Waals surface area contributed by atoms with E-state index in [9.17, 15) is 14.0 Å². The number of hydrogen-bond donors (Lipinski definition) is 1. The highest BCUT2D eigenvalue weighted by atomic mass is 19.1. The molecule has 0 radical (unpaired) electrons. The second-order valence-corrected chi connectivity index (χ2v) is 7.42. The van der Waals surface area contributed by atoms with Crippen LogP contribution in [0.5, 0.6) is 0 Å². The molecular weight excluding hydrogens is 371 g/mol. The second kappa shape index (κ2) is 9.62. The van der Waals surface area contributed by atoms with Gasteiger partial charge in [0.2, 0.25) is 11.8 Å². The highest BCUT2D eigenvalue weighted by molar-refractivity contribution is 5.92. The van der Waals surface area contributed by atoms with Crippen molar-refractivity contribution >= 4 is 17.5 Å². The Morgan fingerprint density at radius 3 is 2.34 bits per heavy atom. The van der Waals surface area contributed by atoms with Gasteiger partial charge in [0, 0.05) is 46.0 Å². The number of benzene rings is 2. The zero-order valence-electron chi connectivity index (χ0n) is 16.8. The van der Waals surface area contributed by atoms with Gasteiger partial charge in [0.25, 0.3) is 0 Å². The first-order valence-electron chi connectivity index (χ1n) is 9.72. The van der Waals surface area contributed by atoms with E-state index < -0.39 is 0 Å². The molecule has 1 fully saturated rings. The minimum Gasteiger partial charge on any atom is -0.347 e. The summed E-state index contributed by atoms with van der Waals surface area (Å²) >= 11 is 0. The second-order valence-electron chi connectivity index (χ2n) is 7.42. The largest absolute Gasteiger partial charge is 0.347 e. The van der Waals surface area contributed by atoms with Crippen molar-refractivity contribution < 1.29 is 14.0 Å². The molecule has 2 amide bonds. The number of nitrogens with one attached hydrogen (secondary N) is 1. The Balaban J connectivity index is 1.58. The smallest absolute Gasteiger partial charge is 0.244 e. The monoisotopic (exact) mass is 398 g/mol. The first kappa shape index (κ1) is 21.0. The summed E-state index contributed by atoms with van der Waals surface area (Å²) in [4.78, 5) is 30.9. The highest BCUT2D eigenvalue weighted by Crippen LogP contribution is 2.24. The van der Waals surface area contributed by atoms with Crippen LogP contribution < -0.4 is 5.32 Å². The maximum Gasteiger partial charge on any atom is 0.244 e. The topological polar surface area (TPSA) is 55.9 Å². The Kier molecular flexibility index (Phi) is 6.95. The molecule has 1 saturated heterocycles. The molecule has 1 atom stereocenters. The molecule has 0 unspecified atom stereocenters. The van der Waals surface area contributed by atoms with E-state index in [1.165, 1.54) is 12.1 Å². The van der Waals surface area contributed by atoms with Gasteiger partial charge in [0.05, 0.1) is 6.54 Å². The summed E-state index contributed by atoms with van der Waals surface area (Å²) in [7, 11) is 3.54. The van der Waals surface area contributed by atoms with E-state index in [0.717, 1.165) is 5.56 Å². The van der Waals surface area contributed by atoms with E-state index in [1.54, 1.807) is 31.1 Å². The molecule has 0 aromatic heterocycles. The van der Waals surface area contributed by atoms with Crippen molar-refractivity contribution in [1.82, 2.24) is 14.7 Å². The number of piperazine rings is 1. The molecule has 1 aliphatic heterocycles. The first-order valence-corrected chi connectivity index (χ1v) is 9.72. The average Bonchev–Trinajstić information content (AvgIpc) is 2.70. The van der Waals surface area contributed by atoms with Crippen molar-refractivity contribution in [2.24, 2.45) is 0 Å². The lowest BCUT2D eigenvalue weighted by molar-refractivity contribution is -0.135. The average molecular weight is 398 g/mol. The van der Waals surface area contributed by atoms with Gasteiger partial charge in [0.15, 0.2) is 0 Å². The Morgan fingerprint density at radius 2 is 1.72 bits per heavy atom. The van der Waals surface area contributed by atoms with Gasteiger partial charge in [-0.05, 0) is 23.8 Å². The predicted molar refractivity (Wildman–Crippen MR) is 111 cm³/mol. The summed E-state index contributed by atoms with van der Waals surface area (Å²) < 4.78 is 13.3. The summed E-state index contributed by atoms with van der Waals surface area (Å²) in [5, 5.41) is 2.73. The molecule has 154 valence electrons. The van der Waals surface area contributed by atoms with Gasteiger partial charge in [-0.2, -0.15) is 0 Å². The molecule has 2 aromatic rings. The third-order valence-corrected chi connectivity index (χ3v) is 5.04. The van der Waals surface area contributed by atoms with Crippen molar-refractivity contribution in [3.8, 4) is 0 Å². The number of rotatable bonds is 6. The number of anilines is 1. The van der Waals surface area contributed by atoms with Gasteiger partial charge >= 0.3 is 0 Å². The van der Waals surface area contributed by atoms with Gasteiger partial charge in [0.1, 0.15) is 11.9 Å². The van der Waals surface area contributed by atoms with Gasteiger partial charge < -0.3 is 10.2 Å². The maximum absolute atomic E-state index is 13.3. The van der Waals surface area contributed by atoms with E-state index in [-0.39, 0.29) is 30.2 Å². The number of carbonyl (C=O) groups is 2. The van der Waals surface area contributed by atoms with Crippen LogP contribution in [0.3, 0.4) is 0 Å². The van der Waals surface area contributed by atoms with Crippen LogP contribution in [0.4, 0.5) is 10.1 Å². The number of nitrogens with zero attached hydrogens (tertiary/aromatic N) is 3. The van der Waals surface area contributed by atoms with Gasteiger partial charge in [-0.15, -0.1) is 0 Å². The lowest BCUT2D eigenvalue weighted by Gasteiger charge is -2.39. The standard InChI is InChI=1S/C22H27FN4O2/c1-25(2)22(29)21(17-7-4-3-5-8-17)27-13-11-26(12-14-27)16-20(28)24-19-10-6-9-18(23)15-19/h3-10,15,21H,11-14,16H2,1-2H3,(H,24,28)/t21-/m0/s1. The van der Waals surface area contributed by atoms with Crippen molar-refractivity contribution in [3.63, 3.8) is 0 Å². The SMILES string of the molecule is CN(C)C(=O)[C@H](c1ccccc1)N1CCN(CC(=O)Nc2cccc(F)c2)CC1. The molecule has 0 spiro atoms. The van der Waals surface area contributed by atoms with E-state index in [4.69, 9.17) is 0 Å². The molecule has 6 nitrogen and oxygen atoms in total. The number of carbonyl (C=O) groups excluding carboxylic acids is 2. The van der Waals surface area contributed by atoms with Crippen LogP contribution in [0.25, 0.3) is 0 Å². The molecule has 1 heterocycles. The summed E-state index contributed by atoms with van der Waals surface area (Å²) in [6.07, 6.45) is 0. The quantitative estimate of drug-likeness (QED) is 0.811. The zero-order chi connectivity index (χ0) is 20.8. The Labute approximate surface area is 170 Å². The summed E-state index contributed by atoms with van der Waals surface area (Å²) in [5.74, 6) is -0.504. The third-order valence-electron chi connectivity index (χ3n) is 5.04. The molecule has 2 aromatic carbocycles. The van der Waals surface area contributed by atoms with Crippen LogP contribution >= 0.6 is 0 Å². The fraction of sp³-hybridized carbons (Fsp3) is 0.364. The highest BCUT2D eigenvalue weighted by Gasteiger charge is 2.31. The summed E-state index contributed by atoms with van der Waals surface area (Å²) in [5.41, 5.74) is 1.43. The van der Waals surface area contributed by atoms with Crippen LogP contribution in [-0.2, 0) is 9.59 Å². The first-order chi connectivity index (χ1) is 13.9. The molecule has 0 saturated carbocycles. The fourth-order valence-electron chi connectivity index (χ4n) is 3.54. The predicted octanol–water partition coefficient (Wildman–Crippen LogP) is 2.21. The van der Waals surface area contributed by atoms with Crippen molar-refractivity contribution in [1.29, 1.82) is 0 Å². The molecule has 29 heavy (non-hydrogen) atoms. The zero-order valence-corrected chi connectivity index (χ0v) is 16.8. The normalized spacial score (nSPS) is 16.2. The molecule has 1 aliphatic rings.